The van der Waals surface area contributed by atoms with Crippen LogP contribution in [0, 0.1) is 12.7 Å². The number of nitrogens with two attached hydrogens (primary N) is 1. The third-order valence-corrected chi connectivity index (χ3v) is 4.62. The van der Waals surface area contributed by atoms with Crippen molar-refractivity contribution in [3.8, 4) is 0 Å². The molecule has 0 fully saturated rings. The molecule has 0 radical (unpaired) electrons. The summed E-state index contributed by atoms with van der Waals surface area (Å²) in [6.45, 7) is 2.06. The van der Waals surface area contributed by atoms with Gasteiger partial charge in [0.25, 0.3) is 0 Å². The molecule has 3 N–H and O–H groups in total. The average molecular weight is 282 g/mol. The molecule has 1 unspecified atom stereocenters. The second-order valence-corrected chi connectivity index (χ2v) is 6.13. The van der Waals surface area contributed by atoms with Gasteiger partial charge >= 0.3 is 0 Å². The minimum Gasteiger partial charge on any atom is -0.271 e. The molecule has 2 aromatic rings. The standard InChI is InChI=1S/C13H15FN2S2/c1-9-6-10(7-17-9)12(16-15)8-18-13-5-3-2-4-11(13)14/h2-7,12,16H,8,15H2,1H3. The number of thioether (sulfide) groups is 1. The topological polar surface area (TPSA) is 38.0 Å². The van der Waals surface area contributed by atoms with Crippen LogP contribution >= 0.6 is 23.1 Å². The summed E-state index contributed by atoms with van der Waals surface area (Å²) in [5.74, 6) is 6.09. The van der Waals surface area contributed by atoms with Gasteiger partial charge in [-0.3, -0.25) is 11.3 Å². The van der Waals surface area contributed by atoms with Crippen LogP contribution in [0.2, 0.25) is 0 Å². The quantitative estimate of drug-likeness (QED) is 0.501. The molecular formula is C13H15FN2S2. The summed E-state index contributed by atoms with van der Waals surface area (Å²) in [4.78, 5) is 1.91. The first-order valence-electron chi connectivity index (χ1n) is 5.59. The lowest BCUT2D eigenvalue weighted by Gasteiger charge is -2.14. The Morgan fingerprint density at radius 2 is 2.22 bits per heavy atom. The Hall–Kier alpha value is -0.880. The number of hydrogen-bond acceptors (Lipinski definition) is 4. The van der Waals surface area contributed by atoms with E-state index in [4.69, 9.17) is 5.84 Å². The van der Waals surface area contributed by atoms with E-state index in [2.05, 4.69) is 23.8 Å². The lowest BCUT2D eigenvalue weighted by Crippen LogP contribution is -2.29. The van der Waals surface area contributed by atoms with Crippen molar-refractivity contribution in [1.82, 2.24) is 5.43 Å². The molecule has 0 aliphatic heterocycles. The van der Waals surface area contributed by atoms with E-state index in [1.165, 1.54) is 22.7 Å². The van der Waals surface area contributed by atoms with Crippen LogP contribution in [0.4, 0.5) is 4.39 Å². The highest BCUT2D eigenvalue weighted by molar-refractivity contribution is 7.99. The predicted molar refractivity (Wildman–Crippen MR) is 76.2 cm³/mol. The maximum absolute atomic E-state index is 13.5. The number of hydrogen-bond donors (Lipinski definition) is 2. The van der Waals surface area contributed by atoms with Gasteiger partial charge in [0.05, 0.1) is 6.04 Å². The van der Waals surface area contributed by atoms with E-state index in [-0.39, 0.29) is 11.9 Å². The number of benzene rings is 1. The Morgan fingerprint density at radius 1 is 1.44 bits per heavy atom. The summed E-state index contributed by atoms with van der Waals surface area (Å²) in [7, 11) is 0. The van der Waals surface area contributed by atoms with Gasteiger partial charge in [0, 0.05) is 15.5 Å². The van der Waals surface area contributed by atoms with Crippen molar-refractivity contribution in [3.63, 3.8) is 0 Å². The number of rotatable bonds is 5. The zero-order valence-electron chi connectivity index (χ0n) is 10.0. The van der Waals surface area contributed by atoms with Crippen molar-refractivity contribution >= 4 is 23.1 Å². The third-order valence-electron chi connectivity index (χ3n) is 2.60. The van der Waals surface area contributed by atoms with E-state index < -0.39 is 0 Å². The Kier molecular flexibility index (Phi) is 4.77. The monoisotopic (exact) mass is 282 g/mol. The van der Waals surface area contributed by atoms with Gasteiger partial charge in [0.1, 0.15) is 5.82 Å². The predicted octanol–water partition coefficient (Wildman–Crippen LogP) is 3.49. The molecule has 5 heteroatoms. The molecule has 0 saturated carbocycles. The molecule has 0 aliphatic carbocycles. The lowest BCUT2D eigenvalue weighted by atomic mass is 10.2. The van der Waals surface area contributed by atoms with Gasteiger partial charge in [-0.05, 0) is 36.1 Å². The second-order valence-electron chi connectivity index (χ2n) is 3.95. The maximum atomic E-state index is 13.5. The van der Waals surface area contributed by atoms with Gasteiger partial charge in [0.2, 0.25) is 0 Å². The summed E-state index contributed by atoms with van der Waals surface area (Å²) in [6, 6.07) is 8.94. The first-order valence-corrected chi connectivity index (χ1v) is 7.45. The Morgan fingerprint density at radius 3 is 2.83 bits per heavy atom. The Bertz CT molecular complexity index is 513. The fourth-order valence-electron chi connectivity index (χ4n) is 1.62. The highest BCUT2D eigenvalue weighted by Crippen LogP contribution is 2.28. The van der Waals surface area contributed by atoms with E-state index >= 15 is 0 Å². The number of thiophene rings is 1. The molecular weight excluding hydrogens is 267 g/mol. The first kappa shape index (κ1) is 13.5. The molecule has 0 spiro atoms. The number of nitrogens with one attached hydrogen (secondary N) is 1. The average Bonchev–Trinajstić information content (AvgIpc) is 2.79. The molecule has 18 heavy (non-hydrogen) atoms. The van der Waals surface area contributed by atoms with Crippen molar-refractivity contribution in [3.05, 3.63) is 52.0 Å². The SMILES string of the molecule is Cc1cc(C(CSc2ccccc2F)NN)cs1. The van der Waals surface area contributed by atoms with Crippen LogP contribution in [0.1, 0.15) is 16.5 Å². The highest BCUT2D eigenvalue weighted by Gasteiger charge is 2.12. The fourth-order valence-corrected chi connectivity index (χ4v) is 3.40. The summed E-state index contributed by atoms with van der Waals surface area (Å²) in [6.07, 6.45) is 0. The van der Waals surface area contributed by atoms with Gasteiger partial charge in [-0.15, -0.1) is 23.1 Å². The molecule has 0 saturated heterocycles. The summed E-state index contributed by atoms with van der Waals surface area (Å²) < 4.78 is 13.5. The number of hydrazine groups is 1. The molecule has 0 aliphatic rings. The van der Waals surface area contributed by atoms with Crippen LogP contribution in [-0.2, 0) is 0 Å². The van der Waals surface area contributed by atoms with Gasteiger partial charge in [-0.25, -0.2) is 4.39 Å². The largest absolute Gasteiger partial charge is 0.271 e. The lowest BCUT2D eigenvalue weighted by molar-refractivity contribution is 0.597. The van der Waals surface area contributed by atoms with E-state index in [1.54, 1.807) is 23.5 Å². The molecule has 96 valence electrons. The van der Waals surface area contributed by atoms with Gasteiger partial charge in [-0.1, -0.05) is 12.1 Å². The number of halogens is 1. The van der Waals surface area contributed by atoms with E-state index in [0.29, 0.717) is 10.6 Å². The van der Waals surface area contributed by atoms with Crippen molar-refractivity contribution in [1.29, 1.82) is 0 Å². The van der Waals surface area contributed by atoms with Crippen LogP contribution in [0.3, 0.4) is 0 Å². The molecule has 1 aromatic heterocycles. The summed E-state index contributed by atoms with van der Waals surface area (Å²) in [5.41, 5.74) is 3.94. The normalized spacial score (nSPS) is 12.6. The van der Waals surface area contributed by atoms with Crippen LogP contribution < -0.4 is 11.3 Å². The molecule has 0 amide bonds. The number of aryl methyl sites for hydroxylation is 1. The Labute approximate surface area is 114 Å². The third kappa shape index (κ3) is 3.32. The van der Waals surface area contributed by atoms with Gasteiger partial charge in [0.15, 0.2) is 0 Å². The smallest absolute Gasteiger partial charge is 0.136 e. The van der Waals surface area contributed by atoms with Crippen LogP contribution in [0.15, 0.2) is 40.6 Å². The first-order chi connectivity index (χ1) is 8.70. The van der Waals surface area contributed by atoms with E-state index in [9.17, 15) is 4.39 Å². The van der Waals surface area contributed by atoms with Gasteiger partial charge in [-0.2, -0.15) is 0 Å². The van der Waals surface area contributed by atoms with E-state index in [0.717, 1.165) is 5.56 Å². The van der Waals surface area contributed by atoms with Crippen LogP contribution in [0.25, 0.3) is 0 Å². The molecule has 1 atom stereocenters. The zero-order valence-corrected chi connectivity index (χ0v) is 11.7. The zero-order chi connectivity index (χ0) is 13.0. The maximum Gasteiger partial charge on any atom is 0.136 e. The van der Waals surface area contributed by atoms with E-state index in [1.807, 2.05) is 6.07 Å². The minimum absolute atomic E-state index is 0.0413. The second kappa shape index (κ2) is 6.33. The molecule has 1 heterocycles. The van der Waals surface area contributed by atoms with Crippen molar-refractivity contribution in [2.24, 2.45) is 5.84 Å². The highest BCUT2D eigenvalue weighted by atomic mass is 32.2. The van der Waals surface area contributed by atoms with Crippen LogP contribution in [0.5, 0.6) is 0 Å². The Balaban J connectivity index is 2.02. The minimum atomic E-state index is -0.181. The summed E-state index contributed by atoms with van der Waals surface area (Å²) in [5, 5.41) is 2.09. The fraction of sp³-hybridized carbons (Fsp3) is 0.231. The van der Waals surface area contributed by atoms with Crippen molar-refractivity contribution < 1.29 is 4.39 Å². The molecule has 1 aromatic carbocycles. The molecule has 2 rings (SSSR count). The van der Waals surface area contributed by atoms with Crippen LogP contribution in [-0.4, -0.2) is 5.75 Å². The summed E-state index contributed by atoms with van der Waals surface area (Å²) >= 11 is 3.16. The molecule has 2 nitrogen and oxygen atoms in total. The van der Waals surface area contributed by atoms with Crippen molar-refractivity contribution in [2.75, 3.05) is 5.75 Å². The van der Waals surface area contributed by atoms with Crippen molar-refractivity contribution in [2.45, 2.75) is 17.9 Å². The van der Waals surface area contributed by atoms with Gasteiger partial charge < -0.3 is 0 Å². The molecule has 0 bridgehead atoms.